The number of nitrogens with one attached hydrogen (secondary N) is 1. The summed E-state index contributed by atoms with van der Waals surface area (Å²) in [6, 6.07) is 3.21. The van der Waals surface area contributed by atoms with Gasteiger partial charge in [0, 0.05) is 12.6 Å². The molecule has 0 bridgehead atoms. The predicted molar refractivity (Wildman–Crippen MR) is 66.8 cm³/mol. The smallest absolute Gasteiger partial charge is 0.260 e. The summed E-state index contributed by atoms with van der Waals surface area (Å²) >= 11 is 0.845. The van der Waals surface area contributed by atoms with Crippen molar-refractivity contribution < 1.29 is 13.2 Å². The van der Waals surface area contributed by atoms with Crippen LogP contribution < -0.4 is 5.32 Å². The molecule has 1 N–H and O–H groups in total. The molecule has 1 aromatic carbocycles. The van der Waals surface area contributed by atoms with E-state index in [4.69, 9.17) is 4.42 Å². The molecular formula is C13H12F2N2OS. The van der Waals surface area contributed by atoms with Gasteiger partial charge < -0.3 is 9.73 Å². The molecule has 0 saturated heterocycles. The Bertz CT molecular complexity index is 547. The van der Waals surface area contributed by atoms with Crippen molar-refractivity contribution in [2.45, 2.75) is 35.5 Å². The second-order valence-electron chi connectivity index (χ2n) is 4.44. The Labute approximate surface area is 113 Å². The summed E-state index contributed by atoms with van der Waals surface area (Å²) in [5, 5.41) is 3.45. The first-order valence-electron chi connectivity index (χ1n) is 6.01. The highest BCUT2D eigenvalue weighted by Crippen LogP contribution is 2.31. The maximum Gasteiger partial charge on any atom is 0.260 e. The van der Waals surface area contributed by atoms with E-state index in [1.165, 1.54) is 24.6 Å². The van der Waals surface area contributed by atoms with Gasteiger partial charge in [-0.3, -0.25) is 0 Å². The summed E-state index contributed by atoms with van der Waals surface area (Å²) in [5.74, 6) is -1.17. The third-order valence-electron chi connectivity index (χ3n) is 2.83. The van der Waals surface area contributed by atoms with Gasteiger partial charge in [-0.15, -0.1) is 0 Å². The summed E-state index contributed by atoms with van der Waals surface area (Å²) in [6.45, 7) is 0.489. The molecule has 1 fully saturated rings. The normalized spacial score (nSPS) is 14.8. The lowest BCUT2D eigenvalue weighted by molar-refractivity contribution is 0.451. The molecule has 3 nitrogen and oxygen atoms in total. The molecular weight excluding hydrogens is 270 g/mol. The van der Waals surface area contributed by atoms with Crippen LogP contribution in [0.1, 0.15) is 18.4 Å². The van der Waals surface area contributed by atoms with Crippen LogP contribution in [-0.4, -0.2) is 11.0 Å². The minimum Gasteiger partial charge on any atom is -0.440 e. The van der Waals surface area contributed by atoms with Crippen LogP contribution in [0.3, 0.4) is 0 Å². The fourth-order valence-corrected chi connectivity index (χ4v) is 2.41. The number of oxazole rings is 1. The maximum absolute atomic E-state index is 13.9. The molecule has 0 unspecified atom stereocenters. The van der Waals surface area contributed by atoms with Crippen molar-refractivity contribution in [3.05, 3.63) is 41.8 Å². The van der Waals surface area contributed by atoms with Crippen LogP contribution in [0.2, 0.25) is 0 Å². The Hall–Kier alpha value is -1.40. The Morgan fingerprint density at radius 2 is 2.05 bits per heavy atom. The third kappa shape index (κ3) is 3.13. The molecule has 0 aliphatic heterocycles. The molecule has 19 heavy (non-hydrogen) atoms. The van der Waals surface area contributed by atoms with Crippen LogP contribution in [-0.2, 0) is 6.54 Å². The second kappa shape index (κ2) is 5.30. The SMILES string of the molecule is Fc1cc(CNC2CC2)cc(F)c1Sc1ncco1. The van der Waals surface area contributed by atoms with E-state index >= 15 is 0 Å². The first-order valence-corrected chi connectivity index (χ1v) is 6.82. The molecule has 3 rings (SSSR count). The fourth-order valence-electron chi connectivity index (χ4n) is 1.71. The number of halogens is 2. The van der Waals surface area contributed by atoms with Crippen LogP contribution in [0.25, 0.3) is 0 Å². The van der Waals surface area contributed by atoms with Crippen molar-refractivity contribution in [1.29, 1.82) is 0 Å². The van der Waals surface area contributed by atoms with Gasteiger partial charge >= 0.3 is 0 Å². The van der Waals surface area contributed by atoms with E-state index in [9.17, 15) is 8.78 Å². The van der Waals surface area contributed by atoms with E-state index in [2.05, 4.69) is 10.3 Å². The van der Waals surface area contributed by atoms with E-state index in [0.29, 0.717) is 18.2 Å². The van der Waals surface area contributed by atoms with E-state index in [-0.39, 0.29) is 10.1 Å². The Morgan fingerprint density at radius 3 is 2.63 bits per heavy atom. The van der Waals surface area contributed by atoms with Crippen molar-refractivity contribution in [3.8, 4) is 0 Å². The summed E-state index contributed by atoms with van der Waals surface area (Å²) in [4.78, 5) is 3.75. The molecule has 0 radical (unpaired) electrons. The number of hydrogen-bond donors (Lipinski definition) is 1. The van der Waals surface area contributed by atoms with Gasteiger partial charge in [-0.1, -0.05) is 0 Å². The Balaban J connectivity index is 1.76. The van der Waals surface area contributed by atoms with E-state index in [1.807, 2.05) is 0 Å². The lowest BCUT2D eigenvalue weighted by Gasteiger charge is -2.07. The van der Waals surface area contributed by atoms with Gasteiger partial charge in [-0.2, -0.15) is 0 Å². The summed E-state index contributed by atoms with van der Waals surface area (Å²) in [5.41, 5.74) is 0.610. The number of aromatic nitrogens is 1. The molecule has 1 saturated carbocycles. The van der Waals surface area contributed by atoms with Gasteiger partial charge in [0.2, 0.25) is 0 Å². The maximum atomic E-state index is 13.9. The molecule has 1 aliphatic carbocycles. The Morgan fingerprint density at radius 1 is 1.32 bits per heavy atom. The molecule has 100 valence electrons. The van der Waals surface area contributed by atoms with Gasteiger partial charge in [0.25, 0.3) is 5.22 Å². The van der Waals surface area contributed by atoms with Crippen molar-refractivity contribution in [3.63, 3.8) is 0 Å². The lowest BCUT2D eigenvalue weighted by atomic mass is 10.2. The molecule has 1 aliphatic rings. The van der Waals surface area contributed by atoms with Crippen LogP contribution in [0.4, 0.5) is 8.78 Å². The highest BCUT2D eigenvalue weighted by molar-refractivity contribution is 7.99. The average Bonchev–Trinajstić information content (AvgIpc) is 3.07. The van der Waals surface area contributed by atoms with Crippen molar-refractivity contribution in [2.24, 2.45) is 0 Å². The molecule has 2 aromatic rings. The van der Waals surface area contributed by atoms with Crippen molar-refractivity contribution >= 4 is 11.8 Å². The number of rotatable bonds is 5. The largest absolute Gasteiger partial charge is 0.440 e. The van der Waals surface area contributed by atoms with Crippen LogP contribution in [0, 0.1) is 11.6 Å². The van der Waals surface area contributed by atoms with Gasteiger partial charge in [0.05, 0.1) is 11.1 Å². The Kier molecular flexibility index (Phi) is 3.52. The monoisotopic (exact) mass is 282 g/mol. The molecule has 0 atom stereocenters. The third-order valence-corrected chi connectivity index (χ3v) is 3.80. The summed E-state index contributed by atoms with van der Waals surface area (Å²) in [7, 11) is 0. The zero-order valence-electron chi connectivity index (χ0n) is 10.0. The van der Waals surface area contributed by atoms with Gasteiger partial charge in [0.15, 0.2) is 0 Å². The summed E-state index contributed by atoms with van der Waals surface area (Å²) in [6.07, 6.45) is 5.09. The van der Waals surface area contributed by atoms with E-state index < -0.39 is 11.6 Å². The standard InChI is InChI=1S/C13H12F2N2OS/c14-10-5-8(7-17-9-1-2-9)6-11(15)12(10)19-13-16-3-4-18-13/h3-6,9,17H,1-2,7H2. The molecule has 0 amide bonds. The first kappa shape index (κ1) is 12.6. The second-order valence-corrected chi connectivity index (χ2v) is 5.41. The van der Waals surface area contributed by atoms with Crippen LogP contribution >= 0.6 is 11.8 Å². The zero-order valence-corrected chi connectivity index (χ0v) is 10.8. The quantitative estimate of drug-likeness (QED) is 0.912. The highest BCUT2D eigenvalue weighted by atomic mass is 32.2. The van der Waals surface area contributed by atoms with Crippen LogP contribution in [0.5, 0.6) is 0 Å². The minimum absolute atomic E-state index is 0.0855. The molecule has 1 heterocycles. The molecule has 6 heteroatoms. The van der Waals surface area contributed by atoms with Crippen LogP contribution in [0.15, 0.2) is 39.1 Å². The van der Waals surface area contributed by atoms with E-state index in [1.54, 1.807) is 0 Å². The van der Waals surface area contributed by atoms with Crippen molar-refractivity contribution in [2.75, 3.05) is 0 Å². The van der Waals surface area contributed by atoms with Gasteiger partial charge in [0.1, 0.15) is 17.9 Å². The molecule has 1 aromatic heterocycles. The number of nitrogens with zero attached hydrogens (tertiary/aromatic N) is 1. The number of benzene rings is 1. The lowest BCUT2D eigenvalue weighted by Crippen LogP contribution is -2.15. The first-order chi connectivity index (χ1) is 9.22. The van der Waals surface area contributed by atoms with E-state index in [0.717, 1.165) is 24.6 Å². The fraction of sp³-hybridized carbons (Fsp3) is 0.308. The predicted octanol–water partition coefficient (Wildman–Crippen LogP) is 3.36. The minimum atomic E-state index is -0.587. The molecule has 0 spiro atoms. The zero-order chi connectivity index (χ0) is 13.2. The average molecular weight is 282 g/mol. The highest BCUT2D eigenvalue weighted by Gasteiger charge is 2.21. The van der Waals surface area contributed by atoms with Gasteiger partial charge in [-0.05, 0) is 42.3 Å². The number of hydrogen-bond acceptors (Lipinski definition) is 4. The topological polar surface area (TPSA) is 38.1 Å². The van der Waals surface area contributed by atoms with Crippen molar-refractivity contribution in [1.82, 2.24) is 10.3 Å². The summed E-state index contributed by atoms with van der Waals surface area (Å²) < 4.78 is 32.7. The van der Waals surface area contributed by atoms with Gasteiger partial charge in [-0.25, -0.2) is 13.8 Å².